The van der Waals surface area contributed by atoms with Crippen LogP contribution in [0.25, 0.3) is 0 Å². The number of carbonyl (C=O) groups is 1. The van der Waals surface area contributed by atoms with E-state index in [1.54, 1.807) is 11.8 Å². The van der Waals surface area contributed by atoms with Crippen LogP contribution in [0.15, 0.2) is 18.2 Å². The van der Waals surface area contributed by atoms with Gasteiger partial charge in [-0.1, -0.05) is 6.07 Å². The van der Waals surface area contributed by atoms with Crippen molar-refractivity contribution < 1.29 is 18.7 Å². The van der Waals surface area contributed by atoms with E-state index in [-0.39, 0.29) is 12.1 Å². The highest BCUT2D eigenvalue weighted by molar-refractivity contribution is 7.99. The largest absolute Gasteiger partial charge is 0.388 e. The van der Waals surface area contributed by atoms with Gasteiger partial charge in [0.25, 0.3) is 0 Å². The molecule has 1 aromatic rings. The van der Waals surface area contributed by atoms with Crippen LogP contribution in [0.1, 0.15) is 31.2 Å². The molecule has 3 nitrogen and oxygen atoms in total. The second-order valence-corrected chi connectivity index (χ2v) is 6.64. The fourth-order valence-corrected chi connectivity index (χ4v) is 3.64. The van der Waals surface area contributed by atoms with Crippen LogP contribution in [0.4, 0.5) is 8.78 Å². The maximum absolute atomic E-state index is 13.7. The lowest BCUT2D eigenvalue weighted by atomic mass is 9.95. The minimum Gasteiger partial charge on any atom is -0.388 e. The topological polar surface area (TPSA) is 49.3 Å². The van der Waals surface area contributed by atoms with Gasteiger partial charge in [-0.2, -0.15) is 11.8 Å². The first-order valence-corrected chi connectivity index (χ1v) is 8.10. The highest BCUT2D eigenvalue weighted by Gasteiger charge is 2.31. The minimum atomic E-state index is -0.937. The Kier molecular flexibility index (Phi) is 5.22. The van der Waals surface area contributed by atoms with E-state index >= 15 is 0 Å². The number of thioether (sulfide) groups is 1. The Bertz CT molecular complexity index is 498. The maximum Gasteiger partial charge on any atom is 0.227 e. The van der Waals surface area contributed by atoms with E-state index in [0.717, 1.165) is 23.6 Å². The summed E-state index contributed by atoms with van der Waals surface area (Å²) in [5.41, 5.74) is -1.14. The van der Waals surface area contributed by atoms with Crippen molar-refractivity contribution in [2.24, 2.45) is 0 Å². The molecule has 1 heterocycles. The molecular formula is C15H19F2NO2S. The number of aliphatic hydroxyl groups is 1. The van der Waals surface area contributed by atoms with E-state index in [2.05, 4.69) is 5.32 Å². The van der Waals surface area contributed by atoms with Crippen molar-refractivity contribution in [3.05, 3.63) is 35.4 Å². The molecule has 1 aliphatic heterocycles. The van der Waals surface area contributed by atoms with Crippen LogP contribution in [0.3, 0.4) is 0 Å². The van der Waals surface area contributed by atoms with Crippen LogP contribution >= 0.6 is 11.8 Å². The van der Waals surface area contributed by atoms with E-state index in [9.17, 15) is 18.7 Å². The summed E-state index contributed by atoms with van der Waals surface area (Å²) in [5, 5.41) is 12.9. The SMILES string of the molecule is CC(C(=O)NCC1(O)CCSCC1)c1c(F)cccc1F. The quantitative estimate of drug-likeness (QED) is 0.897. The van der Waals surface area contributed by atoms with Gasteiger partial charge in [0.1, 0.15) is 11.6 Å². The van der Waals surface area contributed by atoms with Crippen LogP contribution in [0.2, 0.25) is 0 Å². The first kappa shape index (κ1) is 16.2. The van der Waals surface area contributed by atoms with Gasteiger partial charge in [-0.25, -0.2) is 8.78 Å². The van der Waals surface area contributed by atoms with Gasteiger partial charge in [0.15, 0.2) is 0 Å². The smallest absolute Gasteiger partial charge is 0.227 e. The Labute approximate surface area is 127 Å². The monoisotopic (exact) mass is 315 g/mol. The first-order chi connectivity index (χ1) is 9.93. The molecule has 0 saturated carbocycles. The van der Waals surface area contributed by atoms with Crippen molar-refractivity contribution in [1.29, 1.82) is 0 Å². The third kappa shape index (κ3) is 3.95. The van der Waals surface area contributed by atoms with Crippen molar-refractivity contribution in [2.45, 2.75) is 31.3 Å². The molecule has 1 amide bonds. The number of nitrogens with one attached hydrogen (secondary N) is 1. The van der Waals surface area contributed by atoms with Gasteiger partial charge in [0.05, 0.1) is 11.5 Å². The van der Waals surface area contributed by atoms with Crippen molar-refractivity contribution in [2.75, 3.05) is 18.1 Å². The van der Waals surface area contributed by atoms with Gasteiger partial charge in [-0.3, -0.25) is 4.79 Å². The Morgan fingerprint density at radius 3 is 2.52 bits per heavy atom. The Morgan fingerprint density at radius 1 is 1.38 bits per heavy atom. The van der Waals surface area contributed by atoms with Crippen molar-refractivity contribution in [3.63, 3.8) is 0 Å². The summed E-state index contributed by atoms with van der Waals surface area (Å²) in [6.45, 7) is 1.57. The first-order valence-electron chi connectivity index (χ1n) is 6.95. The zero-order chi connectivity index (χ0) is 15.5. The molecule has 2 N–H and O–H groups in total. The van der Waals surface area contributed by atoms with Crippen molar-refractivity contribution in [3.8, 4) is 0 Å². The Morgan fingerprint density at radius 2 is 1.95 bits per heavy atom. The predicted octanol–water partition coefficient (Wildman–Crippen LogP) is 2.44. The molecular weight excluding hydrogens is 296 g/mol. The molecule has 1 fully saturated rings. The summed E-state index contributed by atoms with van der Waals surface area (Å²) >= 11 is 1.77. The summed E-state index contributed by atoms with van der Waals surface area (Å²) < 4.78 is 27.3. The van der Waals surface area contributed by atoms with Crippen LogP contribution < -0.4 is 5.32 Å². The summed E-state index contributed by atoms with van der Waals surface area (Å²) in [7, 11) is 0. The molecule has 0 aliphatic carbocycles. The lowest BCUT2D eigenvalue weighted by molar-refractivity contribution is -0.123. The van der Waals surface area contributed by atoms with Crippen LogP contribution in [0, 0.1) is 11.6 Å². The molecule has 0 spiro atoms. The van der Waals surface area contributed by atoms with Crippen molar-refractivity contribution >= 4 is 17.7 Å². The molecule has 116 valence electrons. The fraction of sp³-hybridized carbons (Fsp3) is 0.533. The molecule has 0 aromatic heterocycles. The molecule has 1 aromatic carbocycles. The number of carbonyl (C=O) groups excluding carboxylic acids is 1. The second kappa shape index (κ2) is 6.75. The third-order valence-electron chi connectivity index (χ3n) is 3.84. The molecule has 0 bridgehead atoms. The normalized spacial score (nSPS) is 19.0. The summed E-state index contributed by atoms with van der Waals surface area (Å²) in [5.74, 6) is -1.18. The summed E-state index contributed by atoms with van der Waals surface area (Å²) in [4.78, 5) is 12.1. The zero-order valence-electron chi connectivity index (χ0n) is 11.9. The number of halogens is 2. The van der Waals surface area contributed by atoms with Gasteiger partial charge < -0.3 is 10.4 Å². The van der Waals surface area contributed by atoms with Gasteiger partial charge in [-0.05, 0) is 43.4 Å². The van der Waals surface area contributed by atoms with Crippen LogP contribution in [-0.2, 0) is 4.79 Å². The van der Waals surface area contributed by atoms with Gasteiger partial charge in [0, 0.05) is 12.1 Å². The van der Waals surface area contributed by atoms with E-state index < -0.39 is 29.1 Å². The maximum atomic E-state index is 13.7. The Balaban J connectivity index is 2.00. The van der Waals surface area contributed by atoms with Crippen LogP contribution in [-0.4, -0.2) is 34.7 Å². The Hall–Kier alpha value is -1.14. The van der Waals surface area contributed by atoms with Crippen molar-refractivity contribution in [1.82, 2.24) is 5.32 Å². The molecule has 6 heteroatoms. The average molecular weight is 315 g/mol. The molecule has 1 unspecified atom stereocenters. The zero-order valence-corrected chi connectivity index (χ0v) is 12.7. The standard InChI is InChI=1S/C15H19F2NO2S/c1-10(13-11(16)3-2-4-12(13)17)14(19)18-9-15(20)5-7-21-8-6-15/h2-4,10,20H,5-9H2,1H3,(H,18,19). The number of hydrogen-bond acceptors (Lipinski definition) is 3. The third-order valence-corrected chi connectivity index (χ3v) is 4.83. The number of benzene rings is 1. The minimum absolute atomic E-state index is 0.118. The number of amides is 1. The predicted molar refractivity (Wildman–Crippen MR) is 79.3 cm³/mol. The van der Waals surface area contributed by atoms with E-state index in [4.69, 9.17) is 0 Å². The number of hydrogen-bond donors (Lipinski definition) is 2. The molecule has 2 rings (SSSR count). The molecule has 0 radical (unpaired) electrons. The second-order valence-electron chi connectivity index (χ2n) is 5.41. The molecule has 1 aliphatic rings. The summed E-state index contributed by atoms with van der Waals surface area (Å²) in [6, 6.07) is 3.53. The van der Waals surface area contributed by atoms with Gasteiger partial charge in [-0.15, -0.1) is 0 Å². The van der Waals surface area contributed by atoms with Gasteiger partial charge >= 0.3 is 0 Å². The highest BCUT2D eigenvalue weighted by atomic mass is 32.2. The van der Waals surface area contributed by atoms with Gasteiger partial charge in [0.2, 0.25) is 5.91 Å². The lowest BCUT2D eigenvalue weighted by Crippen LogP contribution is -2.46. The summed E-state index contributed by atoms with van der Waals surface area (Å²) in [6.07, 6.45) is 1.22. The van der Waals surface area contributed by atoms with E-state index in [1.807, 2.05) is 0 Å². The molecule has 21 heavy (non-hydrogen) atoms. The fourth-order valence-electron chi connectivity index (χ4n) is 2.39. The average Bonchev–Trinajstić information content (AvgIpc) is 2.45. The van der Waals surface area contributed by atoms with E-state index in [1.165, 1.54) is 13.0 Å². The molecule has 1 atom stereocenters. The van der Waals surface area contributed by atoms with E-state index in [0.29, 0.717) is 12.8 Å². The number of rotatable bonds is 4. The molecule has 1 saturated heterocycles. The highest BCUT2D eigenvalue weighted by Crippen LogP contribution is 2.27. The van der Waals surface area contributed by atoms with Crippen LogP contribution in [0.5, 0.6) is 0 Å². The lowest BCUT2D eigenvalue weighted by Gasteiger charge is -2.32.